The van der Waals surface area contributed by atoms with Gasteiger partial charge in [0.05, 0.1) is 108 Å². The van der Waals surface area contributed by atoms with Crippen LogP contribution in [-0.4, -0.2) is 19.9 Å². The molecule has 16 aromatic carbocycles. The molecule has 0 fully saturated rings. The van der Waals surface area contributed by atoms with E-state index in [1.54, 1.807) is 30.9 Å². The smallest absolute Gasteiger partial charge is 0.148 e. The highest BCUT2D eigenvalue weighted by Gasteiger charge is 2.43. The Morgan fingerprint density at radius 3 is 0.757 bits per heavy atom. The van der Waals surface area contributed by atoms with Gasteiger partial charge in [-0.05, 0) is 194 Å². The van der Waals surface area contributed by atoms with Crippen LogP contribution >= 0.6 is 0 Å². The molecule has 0 N–H and O–H groups in total. The summed E-state index contributed by atoms with van der Waals surface area (Å²) >= 11 is 0. The molecular weight excluding hydrogens is 1750 g/mol. The third-order valence-electron chi connectivity index (χ3n) is 28.7. The fraction of sp³-hybridized carbons (Fsp3) is 0.0909. The quantitative estimate of drug-likeness (QED) is 0.114. The first kappa shape index (κ1) is 91.7. The lowest BCUT2D eigenvalue weighted by Crippen LogP contribution is -2.30. The predicted octanol–water partition coefficient (Wildman–Crippen LogP) is 33.6. The molecule has 4 aliphatic heterocycles. The molecule has 20 aromatic rings. The maximum absolute atomic E-state index is 9.77. The average molecular weight is 1850 g/mol. The summed E-state index contributed by atoms with van der Waals surface area (Å²) in [6.07, 6.45) is 6.76. The third-order valence-corrected chi connectivity index (χ3v) is 28.7. The maximum Gasteiger partial charge on any atom is 0.148 e. The van der Waals surface area contributed by atoms with Crippen molar-refractivity contribution in [2.45, 2.75) is 77.0 Å². The molecule has 0 spiro atoms. The van der Waals surface area contributed by atoms with E-state index in [1.165, 1.54) is 90.0 Å². The van der Waals surface area contributed by atoms with E-state index in [4.69, 9.17) is 0 Å². The average Bonchev–Trinajstić information content (AvgIpc) is 0.731. The highest BCUT2D eigenvalue weighted by atomic mass is 15.2. The minimum atomic E-state index is -0.119. The standard InChI is InChI=1S/4C33H25N3/c1-33(2)27-16-6-9-19-30(27)36(31-20-10-7-17-28(31)33)29-18-8-5-14-25(29)24-13-3-4-15-26(24)32-23(22-34)12-11-21-35-32;1-33(2)27-16-6-9-19-31(27)36(32-20-10-7-17-28(32)33)30-18-8-5-14-26(30)24-13-4-3-12-23(24)25-15-11-21-35-29(25)22-34;1-33(2)27-14-6-9-17-31(27)36(32-18-10-7-15-28(32)33)30-16-8-5-13-26(30)24-11-3-4-12-25(24)29-21-23(22-34)19-20-35-29;1-33(2)27-14-6-9-17-31(27)36(32-18-10-7-15-28(32)33)30-16-8-5-13-26(30)24-11-3-4-12-25(24)29-20-19-23(21-34)22-35-29/h3*3-21H,1-2H3;3-20,22H,1-2H3. The van der Waals surface area contributed by atoms with Gasteiger partial charge in [0.15, 0.2) is 0 Å². The van der Waals surface area contributed by atoms with Crippen LogP contribution in [0, 0.1) is 45.3 Å². The first-order valence-corrected chi connectivity index (χ1v) is 48.6. The van der Waals surface area contributed by atoms with E-state index in [-0.39, 0.29) is 21.7 Å². The third kappa shape index (κ3) is 16.4. The molecule has 0 unspecified atom stereocenters. The molecule has 0 atom stereocenters. The molecule has 12 nitrogen and oxygen atoms in total. The fourth-order valence-electron chi connectivity index (χ4n) is 21.7. The van der Waals surface area contributed by atoms with Crippen LogP contribution in [0.5, 0.6) is 0 Å². The molecule has 0 saturated carbocycles. The van der Waals surface area contributed by atoms with Crippen molar-refractivity contribution in [3.63, 3.8) is 0 Å². The van der Waals surface area contributed by atoms with E-state index in [0.29, 0.717) is 28.1 Å². The van der Waals surface area contributed by atoms with Crippen LogP contribution in [0.4, 0.5) is 68.2 Å². The summed E-state index contributed by atoms with van der Waals surface area (Å²) in [6.45, 7) is 18.4. The van der Waals surface area contributed by atoms with Crippen molar-refractivity contribution in [1.82, 2.24) is 19.9 Å². The zero-order valence-corrected chi connectivity index (χ0v) is 81.2. The van der Waals surface area contributed by atoms with Crippen molar-refractivity contribution in [2.75, 3.05) is 19.6 Å². The second-order valence-corrected chi connectivity index (χ2v) is 38.3. The van der Waals surface area contributed by atoms with Crippen molar-refractivity contribution in [3.05, 3.63) is 528 Å². The second kappa shape index (κ2) is 38.6. The summed E-state index contributed by atoms with van der Waals surface area (Å²) in [5.41, 5.74) is 41.9. The Hall–Kier alpha value is -18.7. The van der Waals surface area contributed by atoms with E-state index >= 15 is 0 Å². The Morgan fingerprint density at radius 1 is 0.188 bits per heavy atom. The number of nitriles is 4. The Bertz CT molecular complexity index is 8080. The fourth-order valence-corrected chi connectivity index (χ4v) is 21.7. The van der Waals surface area contributed by atoms with Gasteiger partial charge in [0, 0.05) is 91.0 Å². The number of benzene rings is 16. The van der Waals surface area contributed by atoms with Gasteiger partial charge in [-0.2, -0.15) is 21.0 Å². The Kier molecular flexibility index (Phi) is 24.6. The second-order valence-electron chi connectivity index (χ2n) is 38.3. The minimum absolute atomic E-state index is 0.108. The number of rotatable bonds is 12. The molecule has 8 heterocycles. The van der Waals surface area contributed by atoms with Crippen molar-refractivity contribution in [2.24, 2.45) is 0 Å². The number of nitrogens with zero attached hydrogens (tertiary/aromatic N) is 12. The minimum Gasteiger partial charge on any atom is -0.309 e. The molecule has 144 heavy (non-hydrogen) atoms. The van der Waals surface area contributed by atoms with Crippen LogP contribution in [0.1, 0.15) is 122 Å². The monoisotopic (exact) mass is 1850 g/mol. The summed E-state index contributed by atoms with van der Waals surface area (Å²) in [6, 6.07) is 161. The summed E-state index contributed by atoms with van der Waals surface area (Å²) in [5.74, 6) is 0. The largest absolute Gasteiger partial charge is 0.309 e. The zero-order valence-electron chi connectivity index (χ0n) is 81.2. The molecule has 688 valence electrons. The number of hydrogen-bond donors (Lipinski definition) is 0. The van der Waals surface area contributed by atoms with Gasteiger partial charge in [-0.1, -0.05) is 371 Å². The van der Waals surface area contributed by atoms with Crippen molar-refractivity contribution >= 4 is 68.2 Å². The van der Waals surface area contributed by atoms with E-state index in [9.17, 15) is 21.0 Å². The molecule has 0 radical (unpaired) electrons. The van der Waals surface area contributed by atoms with Crippen molar-refractivity contribution < 1.29 is 0 Å². The SMILES string of the molecule is CC1(C)c2ccccc2N(c2ccccc2-c2ccccc2-c2cc(C#N)ccn2)c2ccccc21.CC1(C)c2ccccc2N(c2ccccc2-c2ccccc2-c2ccc(C#N)cn2)c2ccccc21.CC1(C)c2ccccc2N(c2ccccc2-c2ccccc2-c2cccnc2C#N)c2ccccc21.CC1(C)c2ccccc2N(c2ccccc2-c2ccccc2-c2ncccc2C#N)c2ccccc21. The summed E-state index contributed by atoms with van der Waals surface area (Å²) in [4.78, 5) is 27.7. The first-order chi connectivity index (χ1) is 70.4. The van der Waals surface area contributed by atoms with Crippen LogP contribution in [0.15, 0.2) is 462 Å². The number of para-hydroxylation sites is 12. The molecule has 0 bridgehead atoms. The first-order valence-electron chi connectivity index (χ1n) is 48.6. The molecular formula is C132H100N12. The molecule has 0 amide bonds. The van der Waals surface area contributed by atoms with Crippen LogP contribution in [0.25, 0.3) is 89.4 Å². The van der Waals surface area contributed by atoms with E-state index in [0.717, 1.165) is 106 Å². The van der Waals surface area contributed by atoms with Gasteiger partial charge in [-0.25, -0.2) is 4.98 Å². The summed E-state index contributed by atoms with van der Waals surface area (Å²) in [5, 5.41) is 38.2. The van der Waals surface area contributed by atoms with Gasteiger partial charge >= 0.3 is 0 Å². The lowest BCUT2D eigenvalue weighted by atomic mass is 9.73. The summed E-state index contributed by atoms with van der Waals surface area (Å²) < 4.78 is 0. The lowest BCUT2D eigenvalue weighted by Gasteiger charge is -2.42. The summed E-state index contributed by atoms with van der Waals surface area (Å²) in [7, 11) is 0. The van der Waals surface area contributed by atoms with E-state index in [2.05, 4.69) is 477 Å². The number of fused-ring (bicyclic) bond motifs is 8. The lowest BCUT2D eigenvalue weighted by molar-refractivity contribution is 0.632. The molecule has 4 aromatic heterocycles. The van der Waals surface area contributed by atoms with Gasteiger partial charge in [0.1, 0.15) is 23.9 Å². The number of aromatic nitrogens is 4. The highest BCUT2D eigenvalue weighted by molar-refractivity contribution is 6.02. The van der Waals surface area contributed by atoms with Crippen molar-refractivity contribution in [1.29, 1.82) is 21.0 Å². The molecule has 0 saturated heterocycles. The van der Waals surface area contributed by atoms with Crippen LogP contribution in [0.2, 0.25) is 0 Å². The van der Waals surface area contributed by atoms with Crippen LogP contribution in [-0.2, 0) is 21.7 Å². The predicted molar refractivity (Wildman–Crippen MR) is 587 cm³/mol. The van der Waals surface area contributed by atoms with Gasteiger partial charge in [0.25, 0.3) is 0 Å². The normalized spacial score (nSPS) is 13.4. The molecule has 4 aliphatic rings. The van der Waals surface area contributed by atoms with Gasteiger partial charge in [-0.15, -0.1) is 0 Å². The van der Waals surface area contributed by atoms with Gasteiger partial charge in [-0.3, -0.25) is 15.0 Å². The zero-order chi connectivity index (χ0) is 98.8. The molecule has 24 rings (SSSR count). The number of hydrogen-bond acceptors (Lipinski definition) is 12. The van der Waals surface area contributed by atoms with Crippen LogP contribution in [0.3, 0.4) is 0 Å². The highest BCUT2D eigenvalue weighted by Crippen LogP contribution is 2.60. The van der Waals surface area contributed by atoms with Crippen molar-refractivity contribution in [3.8, 4) is 114 Å². The maximum atomic E-state index is 9.77. The van der Waals surface area contributed by atoms with Crippen LogP contribution < -0.4 is 19.6 Å². The Morgan fingerprint density at radius 2 is 0.444 bits per heavy atom. The Labute approximate surface area is 842 Å². The topological polar surface area (TPSA) is 160 Å². The molecule has 0 aliphatic carbocycles. The Balaban J connectivity index is 0.000000113. The van der Waals surface area contributed by atoms with E-state index < -0.39 is 0 Å². The van der Waals surface area contributed by atoms with Gasteiger partial charge < -0.3 is 19.6 Å². The van der Waals surface area contributed by atoms with E-state index in [1.807, 2.05) is 72.8 Å². The number of anilines is 12. The van der Waals surface area contributed by atoms with Gasteiger partial charge in [0.2, 0.25) is 0 Å². The number of pyridine rings is 4. The molecule has 12 heteroatoms.